The molecular weight excluding hydrogens is 278 g/mol. The van der Waals surface area contributed by atoms with Gasteiger partial charge in [0.25, 0.3) is 0 Å². The van der Waals surface area contributed by atoms with Crippen LogP contribution in [0.25, 0.3) is 0 Å². The van der Waals surface area contributed by atoms with E-state index < -0.39 is 5.97 Å². The maximum Gasteiger partial charge on any atom is 0.306 e. The molecule has 1 N–H and O–H groups in total. The van der Waals surface area contributed by atoms with Gasteiger partial charge in [0.05, 0.1) is 13.0 Å². The van der Waals surface area contributed by atoms with E-state index in [-0.39, 0.29) is 5.92 Å². The molecule has 0 spiro atoms. The molecule has 0 radical (unpaired) electrons. The Hall–Kier alpha value is -1.55. The van der Waals surface area contributed by atoms with Crippen LogP contribution in [-0.4, -0.2) is 36.2 Å². The second kappa shape index (κ2) is 8.18. The van der Waals surface area contributed by atoms with Gasteiger partial charge in [0, 0.05) is 6.54 Å². The van der Waals surface area contributed by atoms with Crippen molar-refractivity contribution in [2.45, 2.75) is 39.2 Å². The first-order valence-electron chi connectivity index (χ1n) is 8.20. The molecule has 1 aliphatic rings. The summed E-state index contributed by atoms with van der Waals surface area (Å²) in [6.07, 6.45) is 3.80. The van der Waals surface area contributed by atoms with Crippen molar-refractivity contribution in [3.8, 4) is 5.75 Å². The number of benzene rings is 1. The smallest absolute Gasteiger partial charge is 0.306 e. The number of rotatable bonds is 7. The van der Waals surface area contributed by atoms with Crippen molar-refractivity contribution in [2.24, 2.45) is 11.8 Å². The number of methoxy groups -OCH3 is 1. The topological polar surface area (TPSA) is 49.8 Å². The Bertz CT molecular complexity index is 464. The summed E-state index contributed by atoms with van der Waals surface area (Å²) >= 11 is 0. The van der Waals surface area contributed by atoms with Crippen LogP contribution in [0, 0.1) is 11.8 Å². The number of hydrogen-bond donors (Lipinski definition) is 1. The van der Waals surface area contributed by atoms with Crippen LogP contribution in [0.5, 0.6) is 5.75 Å². The Kier molecular flexibility index (Phi) is 6.25. The van der Waals surface area contributed by atoms with E-state index in [2.05, 4.69) is 17.0 Å². The minimum atomic E-state index is -0.636. The van der Waals surface area contributed by atoms with Gasteiger partial charge in [-0.25, -0.2) is 0 Å². The molecule has 22 heavy (non-hydrogen) atoms. The quantitative estimate of drug-likeness (QED) is 0.838. The van der Waals surface area contributed by atoms with E-state index in [1.807, 2.05) is 19.1 Å². The highest BCUT2D eigenvalue weighted by atomic mass is 16.5. The van der Waals surface area contributed by atoms with Gasteiger partial charge in [0.1, 0.15) is 5.75 Å². The van der Waals surface area contributed by atoms with Crippen molar-refractivity contribution in [3.63, 3.8) is 0 Å². The van der Waals surface area contributed by atoms with Crippen molar-refractivity contribution in [2.75, 3.05) is 20.2 Å². The molecule has 1 fully saturated rings. The molecule has 1 aromatic rings. The Morgan fingerprint density at radius 1 is 1.32 bits per heavy atom. The van der Waals surface area contributed by atoms with E-state index in [0.717, 1.165) is 51.1 Å². The first kappa shape index (κ1) is 16.8. The molecule has 1 heterocycles. The van der Waals surface area contributed by atoms with Crippen LogP contribution in [0.15, 0.2) is 24.3 Å². The highest BCUT2D eigenvalue weighted by Crippen LogP contribution is 2.27. The largest absolute Gasteiger partial charge is 0.497 e. The van der Waals surface area contributed by atoms with Crippen molar-refractivity contribution >= 4 is 5.97 Å². The van der Waals surface area contributed by atoms with Gasteiger partial charge in [-0.2, -0.15) is 0 Å². The molecule has 2 rings (SSSR count). The maximum absolute atomic E-state index is 11.1. The van der Waals surface area contributed by atoms with E-state index in [1.165, 1.54) is 5.56 Å². The number of carboxylic acid groups (broad SMARTS) is 1. The fourth-order valence-corrected chi connectivity index (χ4v) is 3.21. The number of carboxylic acids is 1. The van der Waals surface area contributed by atoms with Gasteiger partial charge in [-0.05, 0) is 62.4 Å². The van der Waals surface area contributed by atoms with Crippen LogP contribution >= 0.6 is 0 Å². The number of piperidine rings is 1. The monoisotopic (exact) mass is 305 g/mol. The molecule has 4 nitrogen and oxygen atoms in total. The van der Waals surface area contributed by atoms with Crippen LogP contribution in [0.3, 0.4) is 0 Å². The summed E-state index contributed by atoms with van der Waals surface area (Å²) in [5.41, 5.74) is 1.30. The molecule has 0 amide bonds. The first-order valence-corrected chi connectivity index (χ1v) is 8.20. The van der Waals surface area contributed by atoms with Crippen LogP contribution in [0.4, 0.5) is 0 Å². The summed E-state index contributed by atoms with van der Waals surface area (Å²) in [4.78, 5) is 13.6. The molecule has 0 saturated carbocycles. The molecule has 122 valence electrons. The van der Waals surface area contributed by atoms with Gasteiger partial charge in [-0.15, -0.1) is 0 Å². The molecule has 0 aliphatic carbocycles. The number of likely N-dealkylation sites (tertiary alicyclic amines) is 1. The van der Waals surface area contributed by atoms with E-state index in [4.69, 9.17) is 4.74 Å². The lowest BCUT2D eigenvalue weighted by molar-refractivity contribution is -0.142. The van der Waals surface area contributed by atoms with Gasteiger partial charge in [0.2, 0.25) is 0 Å². The maximum atomic E-state index is 11.1. The second-order valence-corrected chi connectivity index (χ2v) is 6.25. The van der Waals surface area contributed by atoms with E-state index in [9.17, 15) is 9.90 Å². The highest BCUT2D eigenvalue weighted by molar-refractivity contribution is 5.69. The molecule has 1 unspecified atom stereocenters. The predicted molar refractivity (Wildman–Crippen MR) is 87.0 cm³/mol. The van der Waals surface area contributed by atoms with Gasteiger partial charge in [-0.3, -0.25) is 9.69 Å². The van der Waals surface area contributed by atoms with Crippen molar-refractivity contribution < 1.29 is 14.6 Å². The molecule has 4 heteroatoms. The van der Waals surface area contributed by atoms with Crippen LogP contribution in [-0.2, 0) is 11.3 Å². The first-order chi connectivity index (χ1) is 10.6. The third-order valence-corrected chi connectivity index (χ3v) is 4.73. The van der Waals surface area contributed by atoms with E-state index >= 15 is 0 Å². The Balaban J connectivity index is 1.78. The van der Waals surface area contributed by atoms with Gasteiger partial charge >= 0.3 is 5.97 Å². The highest BCUT2D eigenvalue weighted by Gasteiger charge is 2.24. The number of aliphatic carboxylic acids is 1. The zero-order chi connectivity index (χ0) is 15.9. The Morgan fingerprint density at radius 2 is 1.95 bits per heavy atom. The lowest BCUT2D eigenvalue weighted by atomic mass is 9.86. The number of ether oxygens (including phenoxy) is 1. The Morgan fingerprint density at radius 3 is 2.45 bits per heavy atom. The van der Waals surface area contributed by atoms with Crippen molar-refractivity contribution in [3.05, 3.63) is 29.8 Å². The van der Waals surface area contributed by atoms with Crippen LogP contribution in [0.2, 0.25) is 0 Å². The zero-order valence-corrected chi connectivity index (χ0v) is 13.6. The number of nitrogens with zero attached hydrogens (tertiary/aromatic N) is 1. The third kappa shape index (κ3) is 4.73. The minimum Gasteiger partial charge on any atom is -0.497 e. The summed E-state index contributed by atoms with van der Waals surface area (Å²) in [6, 6.07) is 8.23. The average molecular weight is 305 g/mol. The lowest BCUT2D eigenvalue weighted by Crippen LogP contribution is -2.34. The lowest BCUT2D eigenvalue weighted by Gasteiger charge is -2.33. The van der Waals surface area contributed by atoms with Gasteiger partial charge in [0.15, 0.2) is 0 Å². The second-order valence-electron chi connectivity index (χ2n) is 6.25. The van der Waals surface area contributed by atoms with E-state index in [1.54, 1.807) is 7.11 Å². The fourth-order valence-electron chi connectivity index (χ4n) is 3.21. The molecule has 1 saturated heterocycles. The third-order valence-electron chi connectivity index (χ3n) is 4.73. The van der Waals surface area contributed by atoms with Crippen molar-refractivity contribution in [1.82, 2.24) is 4.90 Å². The fraction of sp³-hybridized carbons (Fsp3) is 0.611. The van der Waals surface area contributed by atoms with Gasteiger partial charge < -0.3 is 9.84 Å². The summed E-state index contributed by atoms with van der Waals surface area (Å²) in [7, 11) is 1.68. The number of hydrogen-bond acceptors (Lipinski definition) is 3. The molecular formula is C18H27NO3. The SMILES string of the molecule is CCC(CC1CCN(Cc2ccc(OC)cc2)CC1)C(=O)O. The van der Waals surface area contributed by atoms with Crippen molar-refractivity contribution in [1.29, 1.82) is 0 Å². The minimum absolute atomic E-state index is 0.168. The summed E-state index contributed by atoms with van der Waals surface area (Å²) < 4.78 is 5.18. The van der Waals surface area contributed by atoms with Crippen LogP contribution in [0.1, 0.15) is 38.2 Å². The van der Waals surface area contributed by atoms with Crippen LogP contribution < -0.4 is 4.74 Å². The molecule has 1 aliphatic heterocycles. The summed E-state index contributed by atoms with van der Waals surface area (Å²) in [5, 5.41) is 9.17. The average Bonchev–Trinajstić information content (AvgIpc) is 2.54. The summed E-state index contributed by atoms with van der Waals surface area (Å²) in [6.45, 7) is 5.06. The molecule has 1 atom stereocenters. The van der Waals surface area contributed by atoms with E-state index in [0.29, 0.717) is 5.92 Å². The number of carbonyl (C=O) groups is 1. The molecule has 1 aromatic carbocycles. The molecule has 0 bridgehead atoms. The molecule has 0 aromatic heterocycles. The Labute approximate surface area is 133 Å². The van der Waals surface area contributed by atoms with Gasteiger partial charge in [-0.1, -0.05) is 19.1 Å². The standard InChI is InChI=1S/C18H27NO3/c1-3-16(18(20)21)12-14-8-10-19(11-9-14)13-15-4-6-17(22-2)7-5-15/h4-7,14,16H,3,8-13H2,1-2H3,(H,20,21). The zero-order valence-electron chi connectivity index (χ0n) is 13.6. The normalized spacial score (nSPS) is 18.1. The predicted octanol–water partition coefficient (Wildman–Crippen LogP) is 3.41. The summed E-state index contributed by atoms with van der Waals surface area (Å²) in [5.74, 6) is 0.649.